The van der Waals surface area contributed by atoms with Gasteiger partial charge in [0.15, 0.2) is 0 Å². The van der Waals surface area contributed by atoms with E-state index in [0.29, 0.717) is 17.9 Å². The first-order valence-electron chi connectivity index (χ1n) is 9.24. The molecule has 1 saturated heterocycles. The molecule has 0 radical (unpaired) electrons. The van der Waals surface area contributed by atoms with Crippen molar-refractivity contribution in [2.45, 2.75) is 38.8 Å². The van der Waals surface area contributed by atoms with Crippen LogP contribution >= 0.6 is 0 Å². The van der Waals surface area contributed by atoms with Crippen LogP contribution < -0.4 is 9.47 Å². The van der Waals surface area contributed by atoms with Gasteiger partial charge in [0.2, 0.25) is 0 Å². The Labute approximate surface area is 160 Å². The number of carboxylic acids is 1. The van der Waals surface area contributed by atoms with Crippen molar-refractivity contribution < 1.29 is 19.4 Å². The third-order valence-corrected chi connectivity index (χ3v) is 5.38. The second kappa shape index (κ2) is 8.01. The molecule has 1 heterocycles. The molecule has 1 aliphatic rings. The van der Waals surface area contributed by atoms with Crippen molar-refractivity contribution in [3.8, 4) is 11.5 Å². The normalized spacial score (nSPS) is 18.3. The van der Waals surface area contributed by atoms with Crippen LogP contribution in [0.5, 0.6) is 11.5 Å². The van der Waals surface area contributed by atoms with Crippen molar-refractivity contribution in [1.29, 1.82) is 0 Å². The van der Waals surface area contributed by atoms with E-state index in [-0.39, 0.29) is 6.04 Å². The average Bonchev–Trinajstić information content (AvgIpc) is 3.14. The monoisotopic (exact) mass is 369 g/mol. The summed E-state index contributed by atoms with van der Waals surface area (Å²) in [4.78, 5) is 14.0. The number of hydrogen-bond acceptors (Lipinski definition) is 4. The maximum atomic E-state index is 11.9. The molecule has 2 aromatic carbocycles. The fourth-order valence-electron chi connectivity index (χ4n) is 3.99. The van der Waals surface area contributed by atoms with Crippen molar-refractivity contribution in [2.24, 2.45) is 0 Å². The molecular weight excluding hydrogens is 342 g/mol. The Bertz CT molecular complexity index is 833. The molecule has 1 fully saturated rings. The number of hydrogen-bond donors (Lipinski definition) is 1. The van der Waals surface area contributed by atoms with E-state index in [1.54, 1.807) is 14.2 Å². The van der Waals surface area contributed by atoms with Gasteiger partial charge in [-0.25, -0.2) is 0 Å². The Morgan fingerprint density at radius 1 is 1.11 bits per heavy atom. The van der Waals surface area contributed by atoms with Gasteiger partial charge in [0, 0.05) is 18.2 Å². The molecule has 0 aliphatic carbocycles. The number of rotatable bonds is 6. The summed E-state index contributed by atoms with van der Waals surface area (Å²) in [6.45, 7) is 4.87. The fraction of sp³-hybridized carbons (Fsp3) is 0.409. The van der Waals surface area contributed by atoms with Gasteiger partial charge in [-0.3, -0.25) is 9.69 Å². The van der Waals surface area contributed by atoms with Crippen molar-refractivity contribution in [3.05, 3.63) is 58.7 Å². The Morgan fingerprint density at radius 2 is 1.89 bits per heavy atom. The van der Waals surface area contributed by atoms with Crippen LogP contribution in [-0.4, -0.2) is 42.8 Å². The standard InChI is InChI=1S/C22H27NO4/c1-14-7-8-15(2)18(12-14)21(23-11-5-6-19(23)22(24)25)17-10-9-16(26-3)13-20(17)27-4/h7-10,12-13,19,21H,5-6,11H2,1-4H3,(H,24,25). The minimum Gasteiger partial charge on any atom is -0.497 e. The van der Waals surface area contributed by atoms with E-state index in [0.717, 1.165) is 35.2 Å². The maximum Gasteiger partial charge on any atom is 0.320 e. The van der Waals surface area contributed by atoms with Crippen molar-refractivity contribution >= 4 is 5.97 Å². The minimum absolute atomic E-state index is 0.186. The zero-order valence-corrected chi connectivity index (χ0v) is 16.4. The van der Waals surface area contributed by atoms with Crippen LogP contribution in [0.4, 0.5) is 0 Å². The van der Waals surface area contributed by atoms with Gasteiger partial charge in [-0.1, -0.05) is 23.8 Å². The molecule has 1 N–H and O–H groups in total. The number of aryl methyl sites for hydroxylation is 2. The van der Waals surface area contributed by atoms with Gasteiger partial charge in [0.25, 0.3) is 0 Å². The summed E-state index contributed by atoms with van der Waals surface area (Å²) in [7, 11) is 3.26. The number of carbonyl (C=O) groups is 1. The van der Waals surface area contributed by atoms with Crippen LogP contribution in [-0.2, 0) is 4.79 Å². The molecular formula is C22H27NO4. The minimum atomic E-state index is -0.768. The summed E-state index contributed by atoms with van der Waals surface area (Å²) in [6.07, 6.45) is 1.53. The predicted octanol–water partition coefficient (Wildman–Crippen LogP) is 3.96. The lowest BCUT2D eigenvalue weighted by Crippen LogP contribution is -2.39. The molecule has 0 aromatic heterocycles. The van der Waals surface area contributed by atoms with Crippen molar-refractivity contribution in [3.63, 3.8) is 0 Å². The third-order valence-electron chi connectivity index (χ3n) is 5.38. The molecule has 144 valence electrons. The van der Waals surface area contributed by atoms with Gasteiger partial charge in [0.05, 0.1) is 20.3 Å². The average molecular weight is 369 g/mol. The van der Waals surface area contributed by atoms with Crippen molar-refractivity contribution in [2.75, 3.05) is 20.8 Å². The number of carboxylic acid groups (broad SMARTS) is 1. The van der Waals surface area contributed by atoms with Gasteiger partial charge >= 0.3 is 5.97 Å². The van der Waals surface area contributed by atoms with Crippen LogP contribution in [0, 0.1) is 13.8 Å². The zero-order chi connectivity index (χ0) is 19.6. The number of aliphatic carboxylic acids is 1. The summed E-state index contributed by atoms with van der Waals surface area (Å²) in [5.41, 5.74) is 4.37. The molecule has 5 nitrogen and oxygen atoms in total. The Morgan fingerprint density at radius 3 is 2.56 bits per heavy atom. The molecule has 5 heteroatoms. The highest BCUT2D eigenvalue weighted by molar-refractivity contribution is 5.74. The first kappa shape index (κ1) is 19.2. The Balaban J connectivity index is 2.19. The summed E-state index contributed by atoms with van der Waals surface area (Å²) >= 11 is 0. The molecule has 2 atom stereocenters. The quantitative estimate of drug-likeness (QED) is 0.835. The smallest absolute Gasteiger partial charge is 0.320 e. The highest BCUT2D eigenvalue weighted by Gasteiger charge is 2.38. The number of benzene rings is 2. The molecule has 0 bridgehead atoms. The van der Waals surface area contributed by atoms with E-state index in [2.05, 4.69) is 36.9 Å². The number of likely N-dealkylation sites (tertiary alicyclic amines) is 1. The third kappa shape index (κ3) is 3.78. The molecule has 2 aromatic rings. The number of nitrogens with zero attached hydrogens (tertiary/aromatic N) is 1. The topological polar surface area (TPSA) is 59.0 Å². The van der Waals surface area contributed by atoms with Crippen molar-refractivity contribution in [1.82, 2.24) is 4.90 Å². The summed E-state index contributed by atoms with van der Waals surface area (Å²) < 4.78 is 11.0. The second-order valence-electron chi connectivity index (χ2n) is 7.10. The number of ether oxygens (including phenoxy) is 2. The zero-order valence-electron chi connectivity index (χ0n) is 16.4. The van der Waals surface area contributed by atoms with Gasteiger partial charge < -0.3 is 14.6 Å². The summed E-state index contributed by atoms with van der Waals surface area (Å²) in [5, 5.41) is 9.77. The first-order valence-corrected chi connectivity index (χ1v) is 9.24. The SMILES string of the molecule is COc1ccc(C(c2cc(C)ccc2C)N2CCCC2C(=O)O)c(OC)c1. The molecule has 3 rings (SSSR count). The molecule has 0 saturated carbocycles. The molecule has 27 heavy (non-hydrogen) atoms. The van der Waals surface area contributed by atoms with Gasteiger partial charge in [-0.05, 0) is 49.9 Å². The largest absolute Gasteiger partial charge is 0.497 e. The summed E-state index contributed by atoms with van der Waals surface area (Å²) in [5.74, 6) is 0.651. The van der Waals surface area contributed by atoms with E-state index in [4.69, 9.17) is 9.47 Å². The van der Waals surface area contributed by atoms with Crippen LogP contribution in [0.15, 0.2) is 36.4 Å². The second-order valence-corrected chi connectivity index (χ2v) is 7.10. The van der Waals surface area contributed by atoms with E-state index >= 15 is 0 Å². The Kier molecular flexibility index (Phi) is 5.71. The van der Waals surface area contributed by atoms with E-state index < -0.39 is 12.0 Å². The molecule has 0 spiro atoms. The highest BCUT2D eigenvalue weighted by atomic mass is 16.5. The van der Waals surface area contributed by atoms with Crippen LogP contribution in [0.2, 0.25) is 0 Å². The van der Waals surface area contributed by atoms with Gasteiger partial charge in [-0.2, -0.15) is 0 Å². The van der Waals surface area contributed by atoms with Crippen LogP contribution in [0.25, 0.3) is 0 Å². The predicted molar refractivity (Wildman–Crippen MR) is 105 cm³/mol. The lowest BCUT2D eigenvalue weighted by atomic mass is 9.91. The lowest BCUT2D eigenvalue weighted by molar-refractivity contribution is -0.142. The fourth-order valence-corrected chi connectivity index (χ4v) is 3.99. The van der Waals surface area contributed by atoms with Gasteiger partial charge in [0.1, 0.15) is 17.5 Å². The number of methoxy groups -OCH3 is 2. The lowest BCUT2D eigenvalue weighted by Gasteiger charge is -2.34. The van der Waals surface area contributed by atoms with E-state index in [1.165, 1.54) is 0 Å². The van der Waals surface area contributed by atoms with Gasteiger partial charge in [-0.15, -0.1) is 0 Å². The van der Waals surface area contributed by atoms with E-state index in [1.807, 2.05) is 18.2 Å². The Hall–Kier alpha value is -2.53. The molecule has 1 aliphatic heterocycles. The molecule has 2 unspecified atom stereocenters. The highest BCUT2D eigenvalue weighted by Crippen LogP contribution is 2.41. The maximum absolute atomic E-state index is 11.9. The van der Waals surface area contributed by atoms with E-state index in [9.17, 15) is 9.90 Å². The van der Waals surface area contributed by atoms with Crippen LogP contribution in [0.3, 0.4) is 0 Å². The first-order chi connectivity index (χ1) is 13.0. The molecule has 0 amide bonds. The summed E-state index contributed by atoms with van der Waals surface area (Å²) in [6, 6.07) is 11.4. The van der Waals surface area contributed by atoms with Crippen LogP contribution in [0.1, 0.15) is 41.1 Å².